The van der Waals surface area contributed by atoms with Gasteiger partial charge in [0, 0.05) is 26.7 Å². The van der Waals surface area contributed by atoms with Gasteiger partial charge in [-0.25, -0.2) is 0 Å². The van der Waals surface area contributed by atoms with Gasteiger partial charge < -0.3 is 9.80 Å². The monoisotopic (exact) mass is 270 g/mol. The third-order valence-corrected chi connectivity index (χ3v) is 4.09. The van der Waals surface area contributed by atoms with E-state index in [0.29, 0.717) is 0 Å². The van der Waals surface area contributed by atoms with Crippen LogP contribution in [0.4, 0.5) is 11.4 Å². The molecule has 96 valence electrons. The molecule has 0 bridgehead atoms. The molecule has 0 unspecified atom stereocenters. The van der Waals surface area contributed by atoms with Crippen LogP contribution in [-0.4, -0.2) is 26.7 Å². The summed E-state index contributed by atoms with van der Waals surface area (Å²) in [5, 5.41) is 0. The SMILES string of the molecule is CCCCN(C)c1c(N(CC)CC)c(=S)c1=S. The Bertz CT molecular complexity index is 429. The quantitative estimate of drug-likeness (QED) is 0.688. The third kappa shape index (κ3) is 2.86. The van der Waals surface area contributed by atoms with Crippen molar-refractivity contribution in [3.05, 3.63) is 9.02 Å². The summed E-state index contributed by atoms with van der Waals surface area (Å²) in [5.74, 6) is 0. The standard InChI is InChI=1S/C13H22N2S2/c1-5-8-9-14(4)10-11(13(17)12(10)16)15(6-2)7-3/h5-9H2,1-4H3. The first-order valence-corrected chi connectivity index (χ1v) is 7.19. The number of hydrogen-bond donors (Lipinski definition) is 0. The van der Waals surface area contributed by atoms with Gasteiger partial charge in [-0.05, 0) is 20.3 Å². The second-order valence-corrected chi connectivity index (χ2v) is 5.12. The Morgan fingerprint density at radius 3 is 1.94 bits per heavy atom. The highest BCUT2D eigenvalue weighted by Crippen LogP contribution is 2.38. The number of nitrogens with zero attached hydrogens (tertiary/aromatic N) is 2. The molecule has 0 heterocycles. The van der Waals surface area contributed by atoms with Gasteiger partial charge in [-0.15, -0.1) is 0 Å². The van der Waals surface area contributed by atoms with E-state index < -0.39 is 0 Å². The molecule has 0 radical (unpaired) electrons. The Labute approximate surface area is 115 Å². The summed E-state index contributed by atoms with van der Waals surface area (Å²) >= 11 is 10.8. The van der Waals surface area contributed by atoms with Gasteiger partial charge in [0.25, 0.3) is 0 Å². The minimum absolute atomic E-state index is 0.875. The number of anilines is 2. The zero-order valence-electron chi connectivity index (χ0n) is 11.2. The highest BCUT2D eigenvalue weighted by Gasteiger charge is 2.21. The molecular formula is C13H22N2S2. The fraction of sp³-hybridized carbons (Fsp3) is 0.692. The van der Waals surface area contributed by atoms with Crippen molar-refractivity contribution in [1.29, 1.82) is 0 Å². The summed E-state index contributed by atoms with van der Waals surface area (Å²) in [7, 11) is 2.11. The van der Waals surface area contributed by atoms with Crippen LogP contribution in [-0.2, 0) is 0 Å². The van der Waals surface area contributed by atoms with Crippen molar-refractivity contribution < 1.29 is 0 Å². The summed E-state index contributed by atoms with van der Waals surface area (Å²) in [6, 6.07) is 0. The molecule has 0 aliphatic heterocycles. The van der Waals surface area contributed by atoms with Crippen LogP contribution in [0.15, 0.2) is 0 Å². The van der Waals surface area contributed by atoms with Gasteiger partial charge in [-0.2, -0.15) is 0 Å². The minimum Gasteiger partial charge on any atom is -0.372 e. The maximum atomic E-state index is 5.38. The summed E-state index contributed by atoms with van der Waals surface area (Å²) in [6.07, 6.45) is 2.40. The molecule has 0 aliphatic carbocycles. The predicted octanol–water partition coefficient (Wildman–Crippen LogP) is 4.10. The van der Waals surface area contributed by atoms with Crippen molar-refractivity contribution in [2.75, 3.05) is 36.5 Å². The largest absolute Gasteiger partial charge is 0.372 e. The molecular weight excluding hydrogens is 248 g/mol. The van der Waals surface area contributed by atoms with E-state index in [2.05, 4.69) is 37.6 Å². The van der Waals surface area contributed by atoms with Crippen LogP contribution < -0.4 is 9.80 Å². The Hall–Kier alpha value is -0.480. The molecule has 0 spiro atoms. The lowest BCUT2D eigenvalue weighted by Gasteiger charge is -2.32. The molecule has 17 heavy (non-hydrogen) atoms. The van der Waals surface area contributed by atoms with Gasteiger partial charge >= 0.3 is 0 Å². The van der Waals surface area contributed by atoms with Crippen molar-refractivity contribution in [3.63, 3.8) is 0 Å². The Kier molecular flexibility index (Phi) is 5.53. The van der Waals surface area contributed by atoms with Crippen LogP contribution in [0.5, 0.6) is 0 Å². The van der Waals surface area contributed by atoms with Crippen molar-refractivity contribution in [2.24, 2.45) is 0 Å². The van der Waals surface area contributed by atoms with Gasteiger partial charge in [0.1, 0.15) is 0 Å². The second-order valence-electron chi connectivity index (χ2n) is 4.30. The third-order valence-electron chi connectivity index (χ3n) is 3.17. The van der Waals surface area contributed by atoms with Crippen LogP contribution in [0.3, 0.4) is 0 Å². The summed E-state index contributed by atoms with van der Waals surface area (Å²) < 4.78 is 1.75. The normalized spacial score (nSPS) is 10.8. The van der Waals surface area contributed by atoms with E-state index in [1.807, 2.05) is 0 Å². The zero-order valence-corrected chi connectivity index (χ0v) is 12.9. The Morgan fingerprint density at radius 2 is 1.47 bits per heavy atom. The molecule has 0 aromatic heterocycles. The average Bonchev–Trinajstić information content (AvgIpc) is 2.35. The van der Waals surface area contributed by atoms with Gasteiger partial charge in [0.2, 0.25) is 0 Å². The van der Waals surface area contributed by atoms with E-state index in [1.54, 1.807) is 0 Å². The topological polar surface area (TPSA) is 6.48 Å². The van der Waals surface area contributed by atoms with E-state index in [9.17, 15) is 0 Å². The molecule has 0 fully saturated rings. The van der Waals surface area contributed by atoms with Gasteiger partial charge in [0.05, 0.1) is 20.4 Å². The van der Waals surface area contributed by atoms with Gasteiger partial charge in [-0.1, -0.05) is 37.8 Å². The lowest BCUT2D eigenvalue weighted by atomic mass is 10.1. The highest BCUT2D eigenvalue weighted by atomic mass is 32.1. The average molecular weight is 270 g/mol. The lowest BCUT2D eigenvalue weighted by molar-refractivity contribution is 0.759. The fourth-order valence-electron chi connectivity index (χ4n) is 2.06. The van der Waals surface area contributed by atoms with Crippen LogP contribution in [0, 0.1) is 9.02 Å². The maximum Gasteiger partial charge on any atom is 0.0835 e. The lowest BCUT2D eigenvalue weighted by Crippen LogP contribution is -2.29. The molecule has 0 N–H and O–H groups in total. The van der Waals surface area contributed by atoms with E-state index >= 15 is 0 Å². The summed E-state index contributed by atoms with van der Waals surface area (Å²) in [6.45, 7) is 9.55. The molecule has 0 amide bonds. The maximum absolute atomic E-state index is 5.38. The molecule has 0 atom stereocenters. The molecule has 2 nitrogen and oxygen atoms in total. The minimum atomic E-state index is 0.875. The van der Waals surface area contributed by atoms with Crippen molar-refractivity contribution in [1.82, 2.24) is 0 Å². The van der Waals surface area contributed by atoms with Crippen LogP contribution in [0.1, 0.15) is 33.6 Å². The highest BCUT2D eigenvalue weighted by molar-refractivity contribution is 7.74. The fourth-order valence-corrected chi connectivity index (χ4v) is 2.73. The molecule has 1 aromatic carbocycles. The van der Waals surface area contributed by atoms with Gasteiger partial charge in [-0.3, -0.25) is 0 Å². The first kappa shape index (κ1) is 14.6. The molecule has 0 saturated carbocycles. The van der Waals surface area contributed by atoms with Crippen LogP contribution in [0.2, 0.25) is 0 Å². The predicted molar refractivity (Wildman–Crippen MR) is 82.2 cm³/mol. The Balaban J connectivity index is 2.97. The zero-order chi connectivity index (χ0) is 13.0. The number of unbranched alkanes of at least 4 members (excludes halogenated alkanes) is 1. The number of hydrogen-bond acceptors (Lipinski definition) is 4. The van der Waals surface area contributed by atoms with Crippen molar-refractivity contribution >= 4 is 35.8 Å². The first-order chi connectivity index (χ1) is 8.08. The molecule has 1 rings (SSSR count). The Morgan fingerprint density at radius 1 is 0.941 bits per heavy atom. The first-order valence-electron chi connectivity index (χ1n) is 6.37. The van der Waals surface area contributed by atoms with Crippen LogP contribution >= 0.6 is 24.4 Å². The molecule has 4 heteroatoms. The van der Waals surface area contributed by atoms with Crippen molar-refractivity contribution in [3.8, 4) is 0 Å². The van der Waals surface area contributed by atoms with Gasteiger partial charge in [0.15, 0.2) is 0 Å². The van der Waals surface area contributed by atoms with Crippen molar-refractivity contribution in [2.45, 2.75) is 33.6 Å². The summed E-state index contributed by atoms with van der Waals surface area (Å²) in [5.41, 5.74) is 2.37. The molecule has 1 aromatic rings. The second kappa shape index (κ2) is 6.45. The van der Waals surface area contributed by atoms with E-state index in [1.165, 1.54) is 24.2 Å². The molecule has 0 aliphatic rings. The van der Waals surface area contributed by atoms with Crippen LogP contribution in [0.25, 0.3) is 0 Å². The molecule has 0 saturated heterocycles. The smallest absolute Gasteiger partial charge is 0.0835 e. The van der Waals surface area contributed by atoms with E-state index in [0.717, 1.165) is 28.7 Å². The summed E-state index contributed by atoms with van der Waals surface area (Å²) in [4.78, 5) is 4.56. The number of rotatable bonds is 7. The van der Waals surface area contributed by atoms with E-state index in [4.69, 9.17) is 24.4 Å². The van der Waals surface area contributed by atoms with E-state index in [-0.39, 0.29) is 0 Å².